The van der Waals surface area contributed by atoms with Crippen molar-refractivity contribution < 1.29 is 4.79 Å². The van der Waals surface area contributed by atoms with Gasteiger partial charge >= 0.3 is 0 Å². The highest BCUT2D eigenvalue weighted by atomic mass is 16.1. The number of hydrogen-bond acceptors (Lipinski definition) is 2. The molecule has 0 saturated heterocycles. The molecule has 16 heavy (non-hydrogen) atoms. The molecule has 2 heteroatoms. The summed E-state index contributed by atoms with van der Waals surface area (Å²) in [4.78, 5) is 11.8. The van der Waals surface area contributed by atoms with E-state index >= 15 is 0 Å². The van der Waals surface area contributed by atoms with E-state index in [9.17, 15) is 4.79 Å². The van der Waals surface area contributed by atoms with Crippen molar-refractivity contribution in [2.24, 2.45) is 5.92 Å². The fourth-order valence-corrected chi connectivity index (χ4v) is 1.95. The molecule has 0 aromatic rings. The van der Waals surface area contributed by atoms with E-state index in [0.29, 0.717) is 18.1 Å². The molecule has 0 aromatic heterocycles. The highest BCUT2D eigenvalue weighted by Gasteiger charge is 2.17. The van der Waals surface area contributed by atoms with Crippen molar-refractivity contribution in [2.75, 3.05) is 6.54 Å². The molecule has 0 saturated carbocycles. The predicted octanol–water partition coefficient (Wildman–Crippen LogP) is 3.21. The molecule has 90 valence electrons. The summed E-state index contributed by atoms with van der Waals surface area (Å²) < 4.78 is 0. The number of carbonyl (C=O) groups is 1. The van der Waals surface area contributed by atoms with E-state index < -0.39 is 0 Å². The van der Waals surface area contributed by atoms with E-state index in [1.807, 2.05) is 6.20 Å². The number of rotatable bonds is 4. The van der Waals surface area contributed by atoms with Gasteiger partial charge in [-0.05, 0) is 39.0 Å². The van der Waals surface area contributed by atoms with Crippen molar-refractivity contribution >= 4 is 5.78 Å². The Kier molecular flexibility index (Phi) is 5.30. The lowest BCUT2D eigenvalue weighted by molar-refractivity contribution is -0.116. The summed E-state index contributed by atoms with van der Waals surface area (Å²) in [7, 11) is 0. The van der Waals surface area contributed by atoms with Crippen molar-refractivity contribution in [1.29, 1.82) is 0 Å². The standard InChI is InChI=1S/C14H23NO/c1-11(2)6-4-7-12(3)13-10-15-9-5-8-14(13)16/h6,10,12,15H,4-5,7-9H2,1-3H3/t12-/m1/s1. The Labute approximate surface area is 98.8 Å². The second-order valence-electron chi connectivity index (χ2n) is 4.84. The van der Waals surface area contributed by atoms with Gasteiger partial charge < -0.3 is 5.32 Å². The van der Waals surface area contributed by atoms with Gasteiger partial charge in [-0.3, -0.25) is 4.79 Å². The minimum atomic E-state index is 0.328. The molecule has 0 bridgehead atoms. The number of hydrogen-bond donors (Lipinski definition) is 1. The third kappa shape index (κ3) is 4.21. The van der Waals surface area contributed by atoms with Crippen LogP contribution < -0.4 is 5.32 Å². The van der Waals surface area contributed by atoms with Crippen molar-refractivity contribution in [2.45, 2.75) is 46.5 Å². The van der Waals surface area contributed by atoms with Crippen LogP contribution in [0.5, 0.6) is 0 Å². The Balaban J connectivity index is 2.51. The van der Waals surface area contributed by atoms with E-state index in [1.54, 1.807) is 0 Å². The first kappa shape index (κ1) is 13.0. The van der Waals surface area contributed by atoms with Gasteiger partial charge in [0.05, 0.1) is 0 Å². The number of ketones is 1. The average Bonchev–Trinajstić information content (AvgIpc) is 2.42. The molecule has 2 nitrogen and oxygen atoms in total. The molecule has 1 N–H and O–H groups in total. The molecule has 0 aromatic carbocycles. The number of Topliss-reactive ketones (excluding diaryl/α,β-unsaturated/α-hetero) is 1. The van der Waals surface area contributed by atoms with Gasteiger partial charge in [0.1, 0.15) is 0 Å². The quantitative estimate of drug-likeness (QED) is 0.739. The lowest BCUT2D eigenvalue weighted by atomic mass is 9.92. The molecule has 0 spiro atoms. The van der Waals surface area contributed by atoms with Crippen LogP contribution in [0.4, 0.5) is 0 Å². The first-order valence-corrected chi connectivity index (χ1v) is 6.21. The molecule has 0 fully saturated rings. The largest absolute Gasteiger partial charge is 0.391 e. The topological polar surface area (TPSA) is 29.1 Å². The van der Waals surface area contributed by atoms with Gasteiger partial charge in [-0.1, -0.05) is 18.6 Å². The monoisotopic (exact) mass is 221 g/mol. The third-order valence-electron chi connectivity index (χ3n) is 2.99. The van der Waals surface area contributed by atoms with E-state index in [4.69, 9.17) is 0 Å². The van der Waals surface area contributed by atoms with Crippen LogP contribution in [0.3, 0.4) is 0 Å². The highest BCUT2D eigenvalue weighted by molar-refractivity contribution is 5.95. The van der Waals surface area contributed by atoms with E-state index in [0.717, 1.165) is 31.4 Å². The number of carbonyl (C=O) groups excluding carboxylic acids is 1. The van der Waals surface area contributed by atoms with Gasteiger partial charge in [-0.25, -0.2) is 0 Å². The van der Waals surface area contributed by atoms with Crippen LogP contribution in [-0.2, 0) is 4.79 Å². The van der Waals surface area contributed by atoms with E-state index in [2.05, 4.69) is 32.2 Å². The molecule has 0 aliphatic carbocycles. The Morgan fingerprint density at radius 2 is 2.31 bits per heavy atom. The first-order valence-electron chi connectivity index (χ1n) is 6.21. The summed E-state index contributed by atoms with van der Waals surface area (Å²) in [6.07, 6.45) is 7.96. The van der Waals surface area contributed by atoms with Gasteiger partial charge in [-0.15, -0.1) is 0 Å². The molecular weight excluding hydrogens is 198 g/mol. The Bertz CT molecular complexity index is 298. The maximum Gasteiger partial charge on any atom is 0.160 e. The lowest BCUT2D eigenvalue weighted by Crippen LogP contribution is -2.11. The van der Waals surface area contributed by atoms with Crippen molar-refractivity contribution in [3.63, 3.8) is 0 Å². The molecule has 0 amide bonds. The van der Waals surface area contributed by atoms with E-state index in [-0.39, 0.29) is 0 Å². The van der Waals surface area contributed by atoms with Gasteiger partial charge in [-0.2, -0.15) is 0 Å². The average molecular weight is 221 g/mol. The molecule has 1 atom stereocenters. The third-order valence-corrected chi connectivity index (χ3v) is 2.99. The van der Waals surface area contributed by atoms with Gasteiger partial charge in [0.15, 0.2) is 5.78 Å². The van der Waals surface area contributed by atoms with Crippen molar-refractivity contribution in [3.8, 4) is 0 Å². The fourth-order valence-electron chi connectivity index (χ4n) is 1.95. The zero-order chi connectivity index (χ0) is 12.0. The Morgan fingerprint density at radius 1 is 1.56 bits per heavy atom. The minimum absolute atomic E-state index is 0.328. The van der Waals surface area contributed by atoms with Gasteiger partial charge in [0.2, 0.25) is 0 Å². The molecule has 1 aliphatic heterocycles. The highest BCUT2D eigenvalue weighted by Crippen LogP contribution is 2.20. The van der Waals surface area contributed by atoms with Crippen LogP contribution in [0.1, 0.15) is 46.5 Å². The predicted molar refractivity (Wildman–Crippen MR) is 68.2 cm³/mol. The maximum atomic E-state index is 11.8. The summed E-state index contributed by atoms with van der Waals surface area (Å²) >= 11 is 0. The molecule has 0 radical (unpaired) electrons. The zero-order valence-corrected chi connectivity index (χ0v) is 10.7. The molecular formula is C14H23NO. The molecule has 1 heterocycles. The van der Waals surface area contributed by atoms with Crippen LogP contribution in [0.25, 0.3) is 0 Å². The second-order valence-corrected chi connectivity index (χ2v) is 4.84. The lowest BCUT2D eigenvalue weighted by Gasteiger charge is -2.12. The van der Waals surface area contributed by atoms with E-state index in [1.165, 1.54) is 5.57 Å². The summed E-state index contributed by atoms with van der Waals surface area (Å²) in [5, 5.41) is 3.21. The molecule has 1 aliphatic rings. The number of allylic oxidation sites excluding steroid dienone is 3. The normalized spacial score (nSPS) is 18.2. The van der Waals surface area contributed by atoms with Crippen LogP contribution in [0.2, 0.25) is 0 Å². The van der Waals surface area contributed by atoms with Crippen LogP contribution in [0.15, 0.2) is 23.4 Å². The van der Waals surface area contributed by atoms with Gasteiger partial charge in [0, 0.05) is 24.7 Å². The second kappa shape index (κ2) is 6.51. The maximum absolute atomic E-state index is 11.8. The molecule has 1 rings (SSSR count). The smallest absolute Gasteiger partial charge is 0.160 e. The fraction of sp³-hybridized carbons (Fsp3) is 0.643. The van der Waals surface area contributed by atoms with Gasteiger partial charge in [0.25, 0.3) is 0 Å². The van der Waals surface area contributed by atoms with Crippen LogP contribution >= 0.6 is 0 Å². The number of nitrogens with one attached hydrogen (secondary N) is 1. The van der Waals surface area contributed by atoms with Crippen molar-refractivity contribution in [3.05, 3.63) is 23.4 Å². The van der Waals surface area contributed by atoms with Crippen LogP contribution in [-0.4, -0.2) is 12.3 Å². The summed E-state index contributed by atoms with van der Waals surface area (Å²) in [6, 6.07) is 0. The van der Waals surface area contributed by atoms with Crippen LogP contribution in [0, 0.1) is 5.92 Å². The first-order chi connectivity index (χ1) is 7.61. The summed E-state index contributed by atoms with van der Waals surface area (Å²) in [5.74, 6) is 0.698. The minimum Gasteiger partial charge on any atom is -0.391 e. The Morgan fingerprint density at radius 3 is 3.00 bits per heavy atom. The molecule has 0 unspecified atom stereocenters. The Hall–Kier alpha value is -1.05. The van der Waals surface area contributed by atoms with Crippen molar-refractivity contribution in [1.82, 2.24) is 5.32 Å². The summed E-state index contributed by atoms with van der Waals surface area (Å²) in [6.45, 7) is 7.30. The zero-order valence-electron chi connectivity index (χ0n) is 10.7. The SMILES string of the molecule is CC(C)=CCC[C@@H](C)C1=CNCCCC1=O. The summed E-state index contributed by atoms with van der Waals surface area (Å²) in [5.41, 5.74) is 2.34.